The maximum absolute atomic E-state index is 6.15. The highest BCUT2D eigenvalue weighted by atomic mass is 79.9. The summed E-state index contributed by atoms with van der Waals surface area (Å²) in [6.45, 7) is 0. The van der Waals surface area contributed by atoms with Gasteiger partial charge in [-0.15, -0.1) is 0 Å². The number of hydrogen-bond donors (Lipinski definition) is 0. The molecule has 106 valence electrons. The van der Waals surface area contributed by atoms with Crippen molar-refractivity contribution in [3.8, 4) is 11.1 Å². The van der Waals surface area contributed by atoms with Crippen LogP contribution in [0.1, 0.15) is 16.7 Å². The Morgan fingerprint density at radius 2 is 1.23 bits per heavy atom. The highest BCUT2D eigenvalue weighted by Gasteiger charge is 2.25. The first-order chi connectivity index (χ1) is 10.8. The Morgan fingerprint density at radius 1 is 0.682 bits per heavy atom. The van der Waals surface area contributed by atoms with Crippen LogP contribution >= 0.6 is 27.5 Å². The largest absolute Gasteiger partial charge is 0.0843 e. The van der Waals surface area contributed by atoms with Crippen molar-refractivity contribution in [1.29, 1.82) is 0 Å². The molecule has 0 nitrogen and oxygen atoms in total. The van der Waals surface area contributed by atoms with Gasteiger partial charge in [0.25, 0.3) is 0 Å². The lowest BCUT2D eigenvalue weighted by Gasteiger charge is -2.08. The number of fused-ring (bicyclic) bond motifs is 3. The predicted molar refractivity (Wildman–Crippen MR) is 98.2 cm³/mol. The van der Waals surface area contributed by atoms with E-state index in [0.717, 1.165) is 15.1 Å². The molecule has 0 bridgehead atoms. The van der Waals surface area contributed by atoms with E-state index in [1.807, 2.05) is 18.2 Å². The van der Waals surface area contributed by atoms with Gasteiger partial charge in [0.2, 0.25) is 0 Å². The number of benzene rings is 3. The highest BCUT2D eigenvalue weighted by Crippen LogP contribution is 2.48. The Bertz CT molecular complexity index is 861. The van der Waals surface area contributed by atoms with Crippen LogP contribution in [0.5, 0.6) is 0 Å². The topological polar surface area (TPSA) is 0 Å². The zero-order valence-corrected chi connectivity index (χ0v) is 14.0. The fraction of sp³-hybridized carbons (Fsp3) is 0. The molecule has 0 aliphatic heterocycles. The van der Waals surface area contributed by atoms with E-state index in [1.54, 1.807) is 0 Å². The van der Waals surface area contributed by atoms with E-state index in [9.17, 15) is 0 Å². The van der Waals surface area contributed by atoms with Gasteiger partial charge >= 0.3 is 0 Å². The maximum Gasteiger partial charge on any atom is 0.0412 e. The third kappa shape index (κ3) is 2.13. The first-order valence-electron chi connectivity index (χ1n) is 7.10. The van der Waals surface area contributed by atoms with E-state index in [-0.39, 0.29) is 0 Å². The van der Waals surface area contributed by atoms with Crippen LogP contribution in [0.4, 0.5) is 0 Å². The van der Waals surface area contributed by atoms with Gasteiger partial charge in [0.1, 0.15) is 0 Å². The minimum absolute atomic E-state index is 0.745. The van der Waals surface area contributed by atoms with E-state index < -0.39 is 0 Å². The molecule has 0 atom stereocenters. The molecule has 1 aliphatic carbocycles. The van der Waals surface area contributed by atoms with Gasteiger partial charge in [-0.25, -0.2) is 0 Å². The standard InChI is InChI=1S/C20H12BrCl/c21-20(13-6-5-7-14(22)12-13)19-17-10-3-1-8-15(17)16-9-2-4-11-18(16)19/h1-12H. The molecule has 0 heterocycles. The molecule has 0 saturated heterocycles. The van der Waals surface area contributed by atoms with E-state index in [0.29, 0.717) is 0 Å². The molecule has 0 amide bonds. The third-order valence-corrected chi connectivity index (χ3v) is 5.07. The average molecular weight is 368 g/mol. The smallest absolute Gasteiger partial charge is 0.0412 e. The Kier molecular flexibility index (Phi) is 3.40. The number of halogens is 2. The zero-order valence-electron chi connectivity index (χ0n) is 11.7. The molecule has 22 heavy (non-hydrogen) atoms. The summed E-state index contributed by atoms with van der Waals surface area (Å²) in [6.07, 6.45) is 0. The Hall–Kier alpha value is -1.83. The van der Waals surface area contributed by atoms with Crippen molar-refractivity contribution >= 4 is 37.6 Å². The van der Waals surface area contributed by atoms with Crippen LogP contribution in [0, 0.1) is 0 Å². The minimum atomic E-state index is 0.745. The molecular formula is C20H12BrCl. The van der Waals surface area contributed by atoms with Crippen LogP contribution in [0.2, 0.25) is 5.02 Å². The van der Waals surface area contributed by atoms with E-state index in [1.165, 1.54) is 27.8 Å². The Balaban J connectivity index is 2.04. The molecule has 0 fully saturated rings. The van der Waals surface area contributed by atoms with Gasteiger partial charge in [0, 0.05) is 15.1 Å². The van der Waals surface area contributed by atoms with Crippen LogP contribution < -0.4 is 0 Å². The molecule has 0 radical (unpaired) electrons. The van der Waals surface area contributed by atoms with Crippen LogP contribution in [0.25, 0.3) is 21.2 Å². The summed E-state index contributed by atoms with van der Waals surface area (Å²) >= 11 is 9.96. The van der Waals surface area contributed by atoms with Gasteiger partial charge in [-0.1, -0.05) is 72.3 Å². The molecule has 3 aromatic rings. The Labute approximate surface area is 143 Å². The summed E-state index contributed by atoms with van der Waals surface area (Å²) in [7, 11) is 0. The second kappa shape index (κ2) is 5.42. The van der Waals surface area contributed by atoms with Gasteiger partial charge in [0.05, 0.1) is 0 Å². The first-order valence-corrected chi connectivity index (χ1v) is 8.27. The van der Waals surface area contributed by atoms with Crippen molar-refractivity contribution in [2.24, 2.45) is 0 Å². The quantitative estimate of drug-likeness (QED) is 0.354. The van der Waals surface area contributed by atoms with Gasteiger partial charge in [-0.05, 0) is 55.9 Å². The maximum atomic E-state index is 6.15. The molecular weight excluding hydrogens is 356 g/mol. The van der Waals surface area contributed by atoms with E-state index >= 15 is 0 Å². The molecule has 3 aromatic carbocycles. The van der Waals surface area contributed by atoms with Crippen LogP contribution in [-0.4, -0.2) is 0 Å². The van der Waals surface area contributed by atoms with Crippen molar-refractivity contribution < 1.29 is 0 Å². The fourth-order valence-electron chi connectivity index (χ4n) is 3.02. The summed E-state index contributed by atoms with van der Waals surface area (Å²) in [5.41, 5.74) is 7.41. The van der Waals surface area contributed by atoms with Crippen molar-refractivity contribution in [2.75, 3.05) is 0 Å². The number of hydrogen-bond acceptors (Lipinski definition) is 0. The van der Waals surface area contributed by atoms with Crippen LogP contribution in [-0.2, 0) is 0 Å². The molecule has 2 heteroatoms. The molecule has 0 spiro atoms. The second-order valence-electron chi connectivity index (χ2n) is 5.29. The minimum Gasteiger partial charge on any atom is -0.0843 e. The summed E-state index contributed by atoms with van der Waals surface area (Å²) in [6, 6.07) is 25.0. The lowest BCUT2D eigenvalue weighted by molar-refractivity contribution is 1.63. The molecule has 0 aromatic heterocycles. The molecule has 0 N–H and O–H groups in total. The summed E-state index contributed by atoms with van der Waals surface area (Å²) in [5, 5.41) is 0.745. The van der Waals surface area contributed by atoms with Crippen molar-refractivity contribution in [2.45, 2.75) is 0 Å². The lowest BCUT2D eigenvalue weighted by atomic mass is 10.0. The molecule has 4 rings (SSSR count). The predicted octanol–water partition coefficient (Wildman–Crippen LogP) is 6.63. The van der Waals surface area contributed by atoms with Crippen molar-refractivity contribution in [1.82, 2.24) is 0 Å². The number of rotatable bonds is 1. The van der Waals surface area contributed by atoms with E-state index in [4.69, 9.17) is 11.6 Å². The Morgan fingerprint density at radius 3 is 1.77 bits per heavy atom. The molecule has 0 saturated carbocycles. The normalized spacial score (nSPS) is 12.0. The lowest BCUT2D eigenvalue weighted by Crippen LogP contribution is -1.86. The second-order valence-corrected chi connectivity index (χ2v) is 6.52. The summed E-state index contributed by atoms with van der Waals surface area (Å²) < 4.78 is 1.08. The fourth-order valence-corrected chi connectivity index (χ4v) is 3.89. The SMILES string of the molecule is Clc1cccc(C(Br)=C2c3ccccc3-c3ccccc32)c1. The molecule has 1 aliphatic rings. The average Bonchev–Trinajstić information content (AvgIpc) is 2.89. The van der Waals surface area contributed by atoms with Gasteiger partial charge in [-0.3, -0.25) is 0 Å². The van der Waals surface area contributed by atoms with Gasteiger partial charge < -0.3 is 0 Å². The van der Waals surface area contributed by atoms with Crippen molar-refractivity contribution in [3.63, 3.8) is 0 Å². The summed E-state index contributed by atoms with van der Waals surface area (Å²) in [5.74, 6) is 0. The van der Waals surface area contributed by atoms with Gasteiger partial charge in [0.15, 0.2) is 0 Å². The zero-order chi connectivity index (χ0) is 15.1. The first kappa shape index (κ1) is 13.8. The summed E-state index contributed by atoms with van der Waals surface area (Å²) in [4.78, 5) is 0. The molecule has 0 unspecified atom stereocenters. The van der Waals surface area contributed by atoms with Gasteiger partial charge in [-0.2, -0.15) is 0 Å². The van der Waals surface area contributed by atoms with E-state index in [2.05, 4.69) is 70.5 Å². The monoisotopic (exact) mass is 366 g/mol. The highest BCUT2D eigenvalue weighted by molar-refractivity contribution is 9.15. The third-order valence-electron chi connectivity index (χ3n) is 3.98. The van der Waals surface area contributed by atoms with Crippen LogP contribution in [0.3, 0.4) is 0 Å². The van der Waals surface area contributed by atoms with Crippen LogP contribution in [0.15, 0.2) is 72.8 Å². The van der Waals surface area contributed by atoms with Crippen molar-refractivity contribution in [3.05, 3.63) is 94.5 Å².